The first-order chi connectivity index (χ1) is 6.29. The van der Waals surface area contributed by atoms with E-state index in [1.54, 1.807) is 0 Å². The number of allylic oxidation sites excluding steroid dienone is 1. The minimum atomic E-state index is -2.50. The Labute approximate surface area is 86.9 Å². The second-order valence-electron chi connectivity index (χ2n) is 2.68. The number of fused-ring (bicyclic) bond motifs is 1. The van der Waals surface area contributed by atoms with E-state index in [4.69, 9.17) is 0 Å². The topological polar surface area (TPSA) is 0 Å². The van der Waals surface area contributed by atoms with Crippen LogP contribution in [0.1, 0.15) is 18.1 Å². The molecule has 1 aromatic rings. The van der Waals surface area contributed by atoms with Crippen molar-refractivity contribution < 1.29 is 26.4 Å². The first-order valence-electron chi connectivity index (χ1n) is 3.87. The molecule has 0 amide bonds. The normalized spacial score (nSPS) is 13.2. The molecule has 0 unspecified atom stereocenters. The Morgan fingerprint density at radius 3 is 2.31 bits per heavy atom. The van der Waals surface area contributed by atoms with Crippen molar-refractivity contribution in [3.8, 4) is 0 Å². The van der Waals surface area contributed by atoms with Gasteiger partial charge in [-0.15, -0.1) is 0 Å². The van der Waals surface area contributed by atoms with E-state index in [2.05, 4.69) is 43.3 Å². The molecule has 0 aliphatic heterocycles. The first kappa shape index (κ1) is 10.6. The molecule has 1 aromatic carbocycles. The molecule has 67 valence electrons. The van der Waals surface area contributed by atoms with Crippen molar-refractivity contribution in [1.82, 2.24) is 0 Å². The number of hydrogen-bond donors (Lipinski definition) is 0. The van der Waals surface area contributed by atoms with Gasteiger partial charge in [-0.2, -0.15) is 0 Å². The molecule has 0 spiro atoms. The molecule has 0 fully saturated rings. The summed E-state index contributed by atoms with van der Waals surface area (Å²) >= 11 is -2.50. The first-order valence-corrected chi connectivity index (χ1v) is 5.05. The second kappa shape index (κ2) is 5.30. The zero-order chi connectivity index (χ0) is 9.68. The van der Waals surface area contributed by atoms with Gasteiger partial charge in [0.15, 0.2) is 0 Å². The Kier molecular flexibility index (Phi) is 4.33. The average Bonchev–Trinajstić information content (AvgIpc) is 2.50. The molecular formula is C10H9F2Ti. The van der Waals surface area contributed by atoms with E-state index in [1.165, 1.54) is 17.0 Å². The van der Waals surface area contributed by atoms with E-state index in [1.807, 2.05) is 0 Å². The van der Waals surface area contributed by atoms with Gasteiger partial charge >= 0.3 is 26.4 Å². The van der Waals surface area contributed by atoms with Gasteiger partial charge in [0.25, 0.3) is 0 Å². The molecule has 1 aliphatic carbocycles. The summed E-state index contributed by atoms with van der Waals surface area (Å²) in [5.41, 5.74) is 2.72. The fraction of sp³-hybridized carbons (Fsp3) is 0.100. The summed E-state index contributed by atoms with van der Waals surface area (Å²) in [5, 5.41) is 0. The van der Waals surface area contributed by atoms with Gasteiger partial charge in [0.1, 0.15) is 0 Å². The fourth-order valence-electron chi connectivity index (χ4n) is 1.31. The van der Waals surface area contributed by atoms with E-state index in [9.17, 15) is 6.18 Å². The third kappa shape index (κ3) is 2.75. The molecular weight excluding hydrogens is 206 g/mol. The van der Waals surface area contributed by atoms with Gasteiger partial charge in [0.05, 0.1) is 0 Å². The summed E-state index contributed by atoms with van der Waals surface area (Å²) in [6.45, 7) is 2.14. The molecule has 1 aliphatic rings. The van der Waals surface area contributed by atoms with Crippen LogP contribution in [0.15, 0.2) is 30.3 Å². The molecule has 0 saturated heterocycles. The summed E-state index contributed by atoms with van der Waals surface area (Å²) < 4.78 is 19.5. The zero-order valence-electron chi connectivity index (χ0n) is 7.22. The molecule has 0 heterocycles. The van der Waals surface area contributed by atoms with Crippen LogP contribution in [0, 0.1) is 5.92 Å². The van der Waals surface area contributed by atoms with Crippen molar-refractivity contribution in [3.63, 3.8) is 0 Å². The summed E-state index contributed by atoms with van der Waals surface area (Å²) in [7, 11) is 0. The van der Waals surface area contributed by atoms with Crippen molar-refractivity contribution in [3.05, 3.63) is 47.4 Å². The van der Waals surface area contributed by atoms with Gasteiger partial charge in [-0.1, -0.05) is 43.3 Å². The van der Waals surface area contributed by atoms with Crippen molar-refractivity contribution >= 4 is 6.08 Å². The van der Waals surface area contributed by atoms with Gasteiger partial charge in [-0.05, 0) is 11.1 Å². The van der Waals surface area contributed by atoms with Crippen LogP contribution in [0.4, 0.5) is 6.18 Å². The number of halogens is 2. The van der Waals surface area contributed by atoms with Crippen LogP contribution in [0.25, 0.3) is 6.08 Å². The van der Waals surface area contributed by atoms with Crippen LogP contribution in [0.5, 0.6) is 0 Å². The standard InChI is InChI=1S/C10H9.2FH.Ti/c1-8-6-7-9-4-2-3-5-10(8)9;;;/h2-7H,1H3;2*1H;/q;;;+2/p-2. The van der Waals surface area contributed by atoms with Gasteiger partial charge in [-0.3, -0.25) is 0 Å². The van der Waals surface area contributed by atoms with Crippen molar-refractivity contribution in [2.24, 2.45) is 0 Å². The zero-order valence-corrected chi connectivity index (χ0v) is 8.78. The molecule has 0 bridgehead atoms. The van der Waals surface area contributed by atoms with Crippen LogP contribution < -0.4 is 0 Å². The van der Waals surface area contributed by atoms with Crippen molar-refractivity contribution in [2.75, 3.05) is 0 Å². The maximum absolute atomic E-state index is 9.75. The van der Waals surface area contributed by atoms with Gasteiger partial charge in [-0.25, -0.2) is 0 Å². The Morgan fingerprint density at radius 1 is 1.08 bits per heavy atom. The number of rotatable bonds is 0. The van der Waals surface area contributed by atoms with Crippen LogP contribution in [-0.4, -0.2) is 0 Å². The molecule has 0 saturated carbocycles. The van der Waals surface area contributed by atoms with E-state index in [0.29, 0.717) is 0 Å². The minimum absolute atomic E-state index is 1.35. The van der Waals surface area contributed by atoms with Crippen molar-refractivity contribution in [2.45, 2.75) is 6.92 Å². The predicted octanol–water partition coefficient (Wildman–Crippen LogP) is 3.49. The molecule has 0 N–H and O–H groups in total. The SMILES string of the molecule is C[C]1C=Cc2ccccc21.[F][Ti][F]. The van der Waals surface area contributed by atoms with E-state index in [-0.39, 0.29) is 0 Å². The summed E-state index contributed by atoms with van der Waals surface area (Å²) in [4.78, 5) is 0. The molecule has 0 aromatic heterocycles. The van der Waals surface area contributed by atoms with E-state index in [0.717, 1.165) is 0 Å². The monoisotopic (exact) mass is 215 g/mol. The Hall–Kier alpha value is -0.466. The quantitative estimate of drug-likeness (QED) is 0.581. The summed E-state index contributed by atoms with van der Waals surface area (Å²) in [6.07, 6.45) is 4.31. The van der Waals surface area contributed by atoms with Gasteiger partial charge in [0.2, 0.25) is 0 Å². The van der Waals surface area contributed by atoms with Crippen LogP contribution in [0.2, 0.25) is 0 Å². The van der Waals surface area contributed by atoms with Gasteiger partial charge in [0, 0.05) is 5.92 Å². The van der Waals surface area contributed by atoms with Gasteiger partial charge < -0.3 is 0 Å². The third-order valence-electron chi connectivity index (χ3n) is 1.90. The fourth-order valence-corrected chi connectivity index (χ4v) is 1.31. The predicted molar refractivity (Wildman–Crippen MR) is 45.7 cm³/mol. The molecule has 13 heavy (non-hydrogen) atoms. The molecule has 3 heteroatoms. The summed E-state index contributed by atoms with van der Waals surface area (Å²) in [6, 6.07) is 8.45. The molecule has 0 nitrogen and oxygen atoms in total. The molecule has 1 radical (unpaired) electrons. The molecule has 2 rings (SSSR count). The molecule has 0 atom stereocenters. The van der Waals surface area contributed by atoms with Crippen LogP contribution in [-0.2, 0) is 20.2 Å². The van der Waals surface area contributed by atoms with Crippen LogP contribution in [0.3, 0.4) is 0 Å². The number of benzene rings is 1. The van der Waals surface area contributed by atoms with Crippen LogP contribution >= 0.6 is 0 Å². The van der Waals surface area contributed by atoms with Crippen molar-refractivity contribution in [1.29, 1.82) is 0 Å². The van der Waals surface area contributed by atoms with E-state index < -0.39 is 20.2 Å². The second-order valence-corrected chi connectivity index (χ2v) is 2.90. The average molecular weight is 215 g/mol. The third-order valence-corrected chi connectivity index (χ3v) is 1.90. The Bertz CT molecular complexity index is 297. The number of hydrogen-bond acceptors (Lipinski definition) is 0. The summed E-state index contributed by atoms with van der Waals surface area (Å²) in [5.74, 6) is 1.37. The Morgan fingerprint density at radius 2 is 1.69 bits per heavy atom. The van der Waals surface area contributed by atoms with E-state index >= 15 is 0 Å². The Balaban J connectivity index is 0.000000251. The maximum atomic E-state index is 9.75.